The summed E-state index contributed by atoms with van der Waals surface area (Å²) in [4.78, 5) is 41.1. The van der Waals surface area contributed by atoms with Gasteiger partial charge in [-0.15, -0.1) is 0 Å². The molecule has 0 unspecified atom stereocenters. The predicted octanol–water partition coefficient (Wildman–Crippen LogP) is 1.27. The Kier molecular flexibility index (Phi) is 4.29. The number of hydrogen-bond acceptors (Lipinski definition) is 6. The zero-order valence-corrected chi connectivity index (χ0v) is 15.5. The first-order valence-electron chi connectivity index (χ1n) is 9.28. The van der Waals surface area contributed by atoms with Crippen molar-refractivity contribution < 1.29 is 9.59 Å². The molecule has 1 fully saturated rings. The van der Waals surface area contributed by atoms with Gasteiger partial charge in [-0.05, 0) is 19.3 Å². The van der Waals surface area contributed by atoms with E-state index in [1.54, 1.807) is 22.7 Å². The second-order valence-corrected chi connectivity index (χ2v) is 7.08. The van der Waals surface area contributed by atoms with Crippen LogP contribution in [-0.4, -0.2) is 50.5 Å². The van der Waals surface area contributed by atoms with Gasteiger partial charge in [0.05, 0.1) is 6.20 Å². The topological polar surface area (TPSA) is 110 Å². The first-order chi connectivity index (χ1) is 13.0. The summed E-state index contributed by atoms with van der Waals surface area (Å²) in [7, 11) is 1.77. The molecule has 0 bridgehead atoms. The molecule has 9 heteroatoms. The minimum absolute atomic E-state index is 0.0758. The van der Waals surface area contributed by atoms with Crippen LogP contribution in [-0.2, 0) is 4.79 Å². The molecule has 0 spiro atoms. The van der Waals surface area contributed by atoms with E-state index in [-0.39, 0.29) is 17.6 Å². The molecular formula is C18H23N7O2. The second-order valence-electron chi connectivity index (χ2n) is 7.08. The SMILES string of the molecule is CC[C@@H]1C(=O)N(C)c2cnc(-n3cnc(C(N)=O)c3)nc2N1C1CCCC1. The molecule has 2 aromatic rings. The number of fused-ring (bicyclic) bond motifs is 1. The van der Waals surface area contributed by atoms with Crippen LogP contribution in [0.15, 0.2) is 18.7 Å². The minimum Gasteiger partial charge on any atom is -0.364 e. The summed E-state index contributed by atoms with van der Waals surface area (Å²) in [6, 6.07) is 0.0791. The number of nitrogens with zero attached hydrogens (tertiary/aromatic N) is 6. The molecular weight excluding hydrogens is 346 g/mol. The van der Waals surface area contributed by atoms with Crippen LogP contribution in [0, 0.1) is 0 Å². The lowest BCUT2D eigenvalue weighted by Gasteiger charge is -2.43. The van der Waals surface area contributed by atoms with Gasteiger partial charge in [-0.3, -0.25) is 14.2 Å². The van der Waals surface area contributed by atoms with E-state index in [9.17, 15) is 9.59 Å². The number of hydrogen-bond donors (Lipinski definition) is 1. The zero-order chi connectivity index (χ0) is 19.1. The van der Waals surface area contributed by atoms with Crippen LogP contribution in [0.2, 0.25) is 0 Å². The molecule has 1 saturated carbocycles. The van der Waals surface area contributed by atoms with Crippen molar-refractivity contribution >= 4 is 23.3 Å². The van der Waals surface area contributed by atoms with Crippen LogP contribution in [0.5, 0.6) is 0 Å². The lowest BCUT2D eigenvalue weighted by atomic mass is 10.0. The largest absolute Gasteiger partial charge is 0.364 e. The number of rotatable bonds is 4. The first kappa shape index (κ1) is 17.4. The Bertz CT molecular complexity index is 888. The molecule has 142 valence electrons. The van der Waals surface area contributed by atoms with Gasteiger partial charge in [0.1, 0.15) is 23.8 Å². The van der Waals surface area contributed by atoms with Gasteiger partial charge < -0.3 is 15.5 Å². The predicted molar refractivity (Wildman–Crippen MR) is 99.9 cm³/mol. The van der Waals surface area contributed by atoms with E-state index in [1.165, 1.54) is 25.4 Å². The Labute approximate surface area is 157 Å². The number of amides is 2. The Morgan fingerprint density at radius 3 is 2.67 bits per heavy atom. The second kappa shape index (κ2) is 6.64. The Balaban J connectivity index is 1.81. The standard InChI is InChI=1S/C18H23N7O2/c1-3-13-17(27)23(2)14-8-20-18(24-9-12(15(19)26)21-10-24)22-16(14)25(13)11-6-4-5-7-11/h8-11,13H,3-7H2,1-2H3,(H2,19,26)/t13-/m1/s1. The van der Waals surface area contributed by atoms with Gasteiger partial charge in [-0.25, -0.2) is 9.97 Å². The normalized spacial score (nSPS) is 20.2. The molecule has 0 radical (unpaired) electrons. The lowest BCUT2D eigenvalue weighted by molar-refractivity contribution is -0.120. The highest BCUT2D eigenvalue weighted by Gasteiger charge is 2.41. The van der Waals surface area contributed by atoms with Gasteiger partial charge in [0, 0.05) is 19.3 Å². The smallest absolute Gasteiger partial charge is 0.268 e. The summed E-state index contributed by atoms with van der Waals surface area (Å²) in [6.45, 7) is 2.03. The third kappa shape index (κ3) is 2.83. The molecule has 2 amide bonds. The van der Waals surface area contributed by atoms with E-state index in [0.29, 0.717) is 17.7 Å². The van der Waals surface area contributed by atoms with Crippen LogP contribution < -0.4 is 15.5 Å². The van der Waals surface area contributed by atoms with Crippen LogP contribution in [0.4, 0.5) is 11.5 Å². The maximum atomic E-state index is 12.9. The number of nitrogens with two attached hydrogens (primary N) is 1. The third-order valence-corrected chi connectivity index (χ3v) is 5.47. The Hall–Kier alpha value is -2.97. The number of carbonyl (C=O) groups is 2. The monoisotopic (exact) mass is 369 g/mol. The summed E-state index contributed by atoms with van der Waals surface area (Å²) >= 11 is 0. The van der Waals surface area contributed by atoms with Crippen molar-refractivity contribution in [1.82, 2.24) is 19.5 Å². The van der Waals surface area contributed by atoms with Crippen LogP contribution in [0.1, 0.15) is 49.5 Å². The van der Waals surface area contributed by atoms with Crippen molar-refractivity contribution in [1.29, 1.82) is 0 Å². The van der Waals surface area contributed by atoms with Gasteiger partial charge in [-0.2, -0.15) is 4.98 Å². The van der Waals surface area contributed by atoms with E-state index >= 15 is 0 Å². The third-order valence-electron chi connectivity index (χ3n) is 5.47. The molecule has 1 aliphatic heterocycles. The molecule has 2 aromatic heterocycles. The summed E-state index contributed by atoms with van der Waals surface area (Å²) in [5.41, 5.74) is 6.14. The van der Waals surface area contributed by atoms with Crippen LogP contribution in [0.3, 0.4) is 0 Å². The fourth-order valence-electron chi connectivity index (χ4n) is 4.06. The van der Waals surface area contributed by atoms with Crippen molar-refractivity contribution in [2.45, 2.75) is 51.1 Å². The molecule has 0 saturated heterocycles. The maximum absolute atomic E-state index is 12.9. The fourth-order valence-corrected chi connectivity index (χ4v) is 4.06. The van der Waals surface area contributed by atoms with Gasteiger partial charge >= 0.3 is 0 Å². The molecule has 0 aromatic carbocycles. The van der Waals surface area contributed by atoms with E-state index in [0.717, 1.165) is 25.1 Å². The van der Waals surface area contributed by atoms with Crippen LogP contribution in [0.25, 0.3) is 5.95 Å². The molecule has 1 aliphatic carbocycles. The summed E-state index contributed by atoms with van der Waals surface area (Å²) in [5.74, 6) is 0.632. The van der Waals surface area contributed by atoms with Crippen molar-refractivity contribution in [3.63, 3.8) is 0 Å². The highest BCUT2D eigenvalue weighted by Crippen LogP contribution is 2.39. The van der Waals surface area contributed by atoms with Gasteiger partial charge in [0.15, 0.2) is 5.82 Å². The first-order valence-corrected chi connectivity index (χ1v) is 9.28. The summed E-state index contributed by atoms with van der Waals surface area (Å²) in [6.07, 6.45) is 9.81. The molecule has 3 heterocycles. The van der Waals surface area contributed by atoms with Crippen molar-refractivity contribution in [2.24, 2.45) is 5.73 Å². The van der Waals surface area contributed by atoms with E-state index in [2.05, 4.69) is 14.9 Å². The molecule has 2 aliphatic rings. The zero-order valence-electron chi connectivity index (χ0n) is 15.5. The molecule has 27 heavy (non-hydrogen) atoms. The lowest BCUT2D eigenvalue weighted by Crippen LogP contribution is -2.55. The summed E-state index contributed by atoms with van der Waals surface area (Å²) in [5, 5.41) is 0. The fraction of sp³-hybridized carbons (Fsp3) is 0.500. The van der Waals surface area contributed by atoms with E-state index in [4.69, 9.17) is 10.7 Å². The van der Waals surface area contributed by atoms with Crippen molar-refractivity contribution in [3.05, 3.63) is 24.4 Å². The quantitative estimate of drug-likeness (QED) is 0.869. The van der Waals surface area contributed by atoms with Gasteiger partial charge in [0.25, 0.3) is 5.91 Å². The summed E-state index contributed by atoms with van der Waals surface area (Å²) < 4.78 is 1.57. The number of likely N-dealkylation sites (N-methyl/N-ethyl adjacent to an activating group) is 1. The molecule has 1 atom stereocenters. The molecule has 2 N–H and O–H groups in total. The number of carbonyl (C=O) groups excluding carboxylic acids is 2. The Morgan fingerprint density at radius 2 is 2.04 bits per heavy atom. The minimum atomic E-state index is -0.601. The van der Waals surface area contributed by atoms with Crippen molar-refractivity contribution in [2.75, 3.05) is 16.8 Å². The average molecular weight is 369 g/mol. The van der Waals surface area contributed by atoms with Gasteiger partial charge in [0.2, 0.25) is 11.9 Å². The highest BCUT2D eigenvalue weighted by molar-refractivity contribution is 6.04. The molecule has 4 rings (SSSR count). The van der Waals surface area contributed by atoms with E-state index < -0.39 is 5.91 Å². The average Bonchev–Trinajstić information content (AvgIpc) is 3.35. The van der Waals surface area contributed by atoms with Gasteiger partial charge in [-0.1, -0.05) is 19.8 Å². The van der Waals surface area contributed by atoms with Crippen molar-refractivity contribution in [3.8, 4) is 5.95 Å². The molecule has 9 nitrogen and oxygen atoms in total. The Morgan fingerprint density at radius 1 is 1.30 bits per heavy atom. The van der Waals surface area contributed by atoms with E-state index in [1.807, 2.05) is 6.92 Å². The number of aromatic nitrogens is 4. The maximum Gasteiger partial charge on any atom is 0.268 e. The number of primary amides is 1. The van der Waals surface area contributed by atoms with Crippen LogP contribution >= 0.6 is 0 Å². The number of anilines is 2. The number of imidazole rings is 1. The highest BCUT2D eigenvalue weighted by atomic mass is 16.2.